The third kappa shape index (κ3) is 3.14. The molecule has 2 N–H and O–H groups in total. The first-order chi connectivity index (χ1) is 12.2. The summed E-state index contributed by atoms with van der Waals surface area (Å²) in [5.41, 5.74) is 9.14. The zero-order valence-corrected chi connectivity index (χ0v) is 15.1. The minimum Gasteiger partial charge on any atom is -0.355 e. The molecule has 5 rings (SSSR count). The van der Waals surface area contributed by atoms with Gasteiger partial charge in [-0.25, -0.2) is 9.97 Å². The molecule has 26 heavy (non-hydrogen) atoms. The summed E-state index contributed by atoms with van der Waals surface area (Å²) in [6.07, 6.45) is 8.08. The summed E-state index contributed by atoms with van der Waals surface area (Å²) >= 11 is 0. The topological polar surface area (TPSA) is 57.4 Å². The molecule has 0 amide bonds. The van der Waals surface area contributed by atoms with Crippen LogP contribution in [0.15, 0.2) is 42.5 Å². The first-order valence-electron chi connectivity index (χ1n) is 8.26. The normalized spacial score (nSPS) is 12.2. The van der Waals surface area contributed by atoms with Crippen molar-refractivity contribution in [2.75, 3.05) is 0 Å². The molecule has 5 heteroatoms. The van der Waals surface area contributed by atoms with Crippen molar-refractivity contribution < 1.29 is 16.8 Å². The van der Waals surface area contributed by atoms with Crippen LogP contribution in [0.2, 0.25) is 0 Å². The van der Waals surface area contributed by atoms with Crippen LogP contribution in [0.1, 0.15) is 28.3 Å². The summed E-state index contributed by atoms with van der Waals surface area (Å²) in [6.45, 7) is 2.10. The van der Waals surface area contributed by atoms with E-state index in [0.29, 0.717) is 0 Å². The molecule has 0 saturated heterocycles. The summed E-state index contributed by atoms with van der Waals surface area (Å²) in [7, 11) is 0. The molecule has 0 saturated carbocycles. The van der Waals surface area contributed by atoms with Gasteiger partial charge in [0.05, 0.1) is 22.8 Å². The van der Waals surface area contributed by atoms with E-state index in [1.807, 2.05) is 36.4 Å². The van der Waals surface area contributed by atoms with Crippen molar-refractivity contribution in [3.05, 3.63) is 70.8 Å². The number of H-pyrrole nitrogens is 2. The molecule has 0 aromatic carbocycles. The van der Waals surface area contributed by atoms with Crippen LogP contribution in [0, 0.1) is 6.92 Å². The summed E-state index contributed by atoms with van der Waals surface area (Å²) in [6, 6.07) is 14.5. The van der Waals surface area contributed by atoms with Crippen molar-refractivity contribution in [1.82, 2.24) is 19.9 Å². The molecule has 3 aromatic heterocycles. The Morgan fingerprint density at radius 2 is 1.19 bits per heavy atom. The first-order valence-corrected chi connectivity index (χ1v) is 8.26. The molecule has 4 nitrogen and oxygen atoms in total. The van der Waals surface area contributed by atoms with Crippen molar-refractivity contribution >= 4 is 46.4 Å². The number of nitrogens with zero attached hydrogens (tertiary/aromatic N) is 2. The van der Waals surface area contributed by atoms with E-state index in [0.717, 1.165) is 44.8 Å². The van der Waals surface area contributed by atoms with Crippen molar-refractivity contribution in [3.8, 4) is 0 Å². The molecule has 1 radical (unpaired) electrons. The number of fused-ring (bicyclic) bond motifs is 8. The largest absolute Gasteiger partial charge is 0.355 e. The van der Waals surface area contributed by atoms with E-state index in [-0.39, 0.29) is 16.8 Å². The van der Waals surface area contributed by atoms with Gasteiger partial charge in [0.15, 0.2) is 0 Å². The standard InChI is InChI=1S/C21H16N4.Co/c1-13-8-20-11-18-5-4-16(23-18)9-14-2-3-15(22-14)10-17-6-7-19(24-17)12-21(13)25-20;/h2-12,23,25H,1H3;. The number of aryl methyl sites for hydroxylation is 1. The van der Waals surface area contributed by atoms with Gasteiger partial charge in [0.25, 0.3) is 0 Å². The minimum atomic E-state index is 0. The molecule has 0 spiro atoms. The third-order valence-electron chi connectivity index (χ3n) is 4.38. The smallest absolute Gasteiger partial charge is 0.0659 e. The van der Waals surface area contributed by atoms with Gasteiger partial charge < -0.3 is 9.97 Å². The van der Waals surface area contributed by atoms with Crippen molar-refractivity contribution in [2.45, 2.75) is 6.92 Å². The number of aromatic amines is 2. The van der Waals surface area contributed by atoms with E-state index >= 15 is 0 Å². The van der Waals surface area contributed by atoms with E-state index in [1.54, 1.807) is 0 Å². The molecular weight excluding hydrogens is 367 g/mol. The van der Waals surface area contributed by atoms with Crippen LogP contribution >= 0.6 is 0 Å². The van der Waals surface area contributed by atoms with Crippen LogP contribution in [0.3, 0.4) is 0 Å². The average molecular weight is 383 g/mol. The molecule has 0 atom stereocenters. The average Bonchev–Trinajstić information content (AvgIpc) is 3.33. The minimum absolute atomic E-state index is 0. The van der Waals surface area contributed by atoms with Crippen LogP contribution in [0.25, 0.3) is 46.4 Å². The van der Waals surface area contributed by atoms with Crippen molar-refractivity contribution in [1.29, 1.82) is 0 Å². The molecule has 2 aliphatic heterocycles. The second-order valence-electron chi connectivity index (χ2n) is 6.36. The molecule has 3 aromatic rings. The van der Waals surface area contributed by atoms with Gasteiger partial charge in [-0.2, -0.15) is 0 Å². The Bertz CT molecular complexity index is 1210. The van der Waals surface area contributed by atoms with E-state index < -0.39 is 0 Å². The van der Waals surface area contributed by atoms with Crippen LogP contribution in [0.5, 0.6) is 0 Å². The van der Waals surface area contributed by atoms with Gasteiger partial charge in [-0.05, 0) is 79.3 Å². The number of rotatable bonds is 0. The number of hydrogen-bond acceptors (Lipinski definition) is 2. The van der Waals surface area contributed by atoms with Gasteiger partial charge in [0, 0.05) is 38.8 Å². The molecule has 0 aliphatic carbocycles. The summed E-state index contributed by atoms with van der Waals surface area (Å²) in [5.74, 6) is 0. The molecule has 2 aliphatic rings. The predicted molar refractivity (Wildman–Crippen MR) is 104 cm³/mol. The number of nitrogens with one attached hydrogen (secondary N) is 2. The predicted octanol–water partition coefficient (Wildman–Crippen LogP) is 4.96. The Labute approximate surface area is 160 Å². The van der Waals surface area contributed by atoms with Crippen molar-refractivity contribution in [2.24, 2.45) is 0 Å². The number of aromatic nitrogens is 4. The maximum Gasteiger partial charge on any atom is 0.0659 e. The fourth-order valence-corrected chi connectivity index (χ4v) is 3.16. The van der Waals surface area contributed by atoms with E-state index in [1.165, 1.54) is 5.56 Å². The molecular formula is C21H16CoN4. The summed E-state index contributed by atoms with van der Waals surface area (Å²) < 4.78 is 0. The van der Waals surface area contributed by atoms with E-state index in [4.69, 9.17) is 0 Å². The van der Waals surface area contributed by atoms with Crippen LogP contribution in [-0.4, -0.2) is 19.9 Å². The van der Waals surface area contributed by atoms with Crippen LogP contribution in [0.4, 0.5) is 0 Å². The van der Waals surface area contributed by atoms with Gasteiger partial charge in [-0.15, -0.1) is 0 Å². The maximum absolute atomic E-state index is 4.66. The second kappa shape index (κ2) is 6.44. The fourth-order valence-electron chi connectivity index (χ4n) is 3.16. The molecule has 0 unspecified atom stereocenters. The Balaban J connectivity index is 0.00000168. The first kappa shape index (κ1) is 16.6. The molecule has 5 heterocycles. The molecule has 129 valence electrons. The van der Waals surface area contributed by atoms with Crippen molar-refractivity contribution in [3.63, 3.8) is 0 Å². The SMILES string of the molecule is Cc1cc2cc3ccc(cc4nc(cc5nc(cc1[nH]2)C=C5)C=C4)[nH]3.[Co]. The zero-order valence-electron chi connectivity index (χ0n) is 14.1. The molecule has 0 fully saturated rings. The van der Waals surface area contributed by atoms with Crippen LogP contribution in [-0.2, 0) is 16.8 Å². The Hall–Kier alpha value is -2.89. The van der Waals surface area contributed by atoms with Gasteiger partial charge in [0.2, 0.25) is 0 Å². The zero-order chi connectivity index (χ0) is 16.8. The number of hydrogen-bond donors (Lipinski definition) is 2. The Morgan fingerprint density at radius 1 is 0.615 bits per heavy atom. The third-order valence-corrected chi connectivity index (χ3v) is 4.38. The van der Waals surface area contributed by atoms with Gasteiger partial charge in [-0.1, -0.05) is 0 Å². The van der Waals surface area contributed by atoms with Gasteiger partial charge in [0.1, 0.15) is 0 Å². The second-order valence-corrected chi connectivity index (χ2v) is 6.36. The molecule has 8 bridgehead atoms. The summed E-state index contributed by atoms with van der Waals surface area (Å²) in [4.78, 5) is 16.2. The fraction of sp³-hybridized carbons (Fsp3) is 0.0476. The van der Waals surface area contributed by atoms with E-state index in [2.05, 4.69) is 57.2 Å². The monoisotopic (exact) mass is 383 g/mol. The maximum atomic E-state index is 4.66. The summed E-state index contributed by atoms with van der Waals surface area (Å²) in [5, 5.41) is 0. The van der Waals surface area contributed by atoms with Gasteiger partial charge >= 0.3 is 0 Å². The van der Waals surface area contributed by atoms with Gasteiger partial charge in [-0.3, -0.25) is 0 Å². The van der Waals surface area contributed by atoms with Crippen LogP contribution < -0.4 is 0 Å². The van der Waals surface area contributed by atoms with E-state index in [9.17, 15) is 0 Å². The quantitative estimate of drug-likeness (QED) is 0.397. The Kier molecular flexibility index (Phi) is 4.10. The Morgan fingerprint density at radius 3 is 1.88 bits per heavy atom.